The maximum absolute atomic E-state index is 13.9. The van der Waals surface area contributed by atoms with Crippen LogP contribution in [0.4, 0.5) is 15.8 Å². The van der Waals surface area contributed by atoms with Gasteiger partial charge < -0.3 is 21.7 Å². The Balaban J connectivity index is 2.17. The van der Waals surface area contributed by atoms with Crippen LogP contribution in [0, 0.1) is 5.82 Å². The van der Waals surface area contributed by atoms with Crippen LogP contribution in [0.1, 0.15) is 30.1 Å². The quantitative estimate of drug-likeness (QED) is 0.731. The molecule has 0 spiro atoms. The Labute approximate surface area is 118 Å². The third-order valence-corrected chi connectivity index (χ3v) is 3.97. The smallest absolute Gasteiger partial charge is 0.250 e. The molecule has 0 radical (unpaired) electrons. The molecular formula is C14H21FN4O. The van der Waals surface area contributed by atoms with Crippen molar-refractivity contribution in [1.82, 2.24) is 4.90 Å². The summed E-state index contributed by atoms with van der Waals surface area (Å²) in [6.45, 7) is 3.10. The predicted octanol–water partition coefficient (Wildman–Crippen LogP) is 1.40. The van der Waals surface area contributed by atoms with Crippen LogP contribution in [0.15, 0.2) is 12.1 Å². The molecule has 1 aromatic rings. The molecule has 5 N–H and O–H groups in total. The van der Waals surface area contributed by atoms with E-state index in [-0.39, 0.29) is 23.0 Å². The topological polar surface area (TPSA) is 84.4 Å². The van der Waals surface area contributed by atoms with E-state index in [1.807, 2.05) is 0 Å². The minimum absolute atomic E-state index is 0.0669. The van der Waals surface area contributed by atoms with Crippen molar-refractivity contribution >= 4 is 17.3 Å². The molecule has 0 aliphatic carbocycles. The first-order chi connectivity index (χ1) is 9.38. The van der Waals surface area contributed by atoms with Crippen LogP contribution in [0.3, 0.4) is 0 Å². The van der Waals surface area contributed by atoms with Gasteiger partial charge >= 0.3 is 0 Å². The molecule has 0 bridgehead atoms. The number of amides is 1. The van der Waals surface area contributed by atoms with Crippen molar-refractivity contribution in [2.75, 3.05) is 24.6 Å². The second-order valence-electron chi connectivity index (χ2n) is 5.48. The number of carbonyl (C=O) groups is 1. The van der Waals surface area contributed by atoms with Crippen molar-refractivity contribution in [3.63, 3.8) is 0 Å². The third kappa shape index (κ3) is 3.01. The zero-order valence-corrected chi connectivity index (χ0v) is 11.8. The van der Waals surface area contributed by atoms with E-state index in [1.165, 1.54) is 6.07 Å². The lowest BCUT2D eigenvalue weighted by Gasteiger charge is -2.35. The Bertz CT molecular complexity index is 520. The average molecular weight is 280 g/mol. The summed E-state index contributed by atoms with van der Waals surface area (Å²) in [6, 6.07) is 3.16. The molecule has 6 heteroatoms. The van der Waals surface area contributed by atoms with Crippen LogP contribution in [-0.2, 0) is 0 Å². The van der Waals surface area contributed by atoms with Crippen molar-refractivity contribution in [2.45, 2.75) is 31.8 Å². The number of piperidine rings is 1. The molecular weight excluding hydrogens is 259 g/mol. The van der Waals surface area contributed by atoms with Crippen LogP contribution in [-0.4, -0.2) is 36.5 Å². The van der Waals surface area contributed by atoms with Crippen molar-refractivity contribution < 1.29 is 9.18 Å². The highest BCUT2D eigenvalue weighted by Gasteiger charge is 2.23. The van der Waals surface area contributed by atoms with Gasteiger partial charge in [-0.05, 0) is 38.9 Å². The predicted molar refractivity (Wildman–Crippen MR) is 78.1 cm³/mol. The molecule has 0 saturated carbocycles. The first-order valence-electron chi connectivity index (χ1n) is 6.74. The molecule has 1 aromatic carbocycles. The Morgan fingerprint density at radius 1 is 1.50 bits per heavy atom. The summed E-state index contributed by atoms with van der Waals surface area (Å²) in [5.74, 6) is -1.11. The largest absolute Gasteiger partial charge is 0.398 e. The van der Waals surface area contributed by atoms with Gasteiger partial charge in [-0.2, -0.15) is 0 Å². The molecule has 1 aliphatic heterocycles. The molecule has 2 rings (SSSR count). The number of halogens is 1. The van der Waals surface area contributed by atoms with Gasteiger partial charge in [-0.1, -0.05) is 0 Å². The molecule has 5 nitrogen and oxygen atoms in total. The highest BCUT2D eigenvalue weighted by molar-refractivity contribution is 5.99. The molecule has 1 amide bonds. The Morgan fingerprint density at radius 3 is 2.80 bits per heavy atom. The lowest BCUT2D eigenvalue weighted by molar-refractivity contribution is 0.100. The summed E-state index contributed by atoms with van der Waals surface area (Å²) >= 11 is 0. The second kappa shape index (κ2) is 5.66. The Hall–Kier alpha value is -1.82. The minimum atomic E-state index is -0.651. The van der Waals surface area contributed by atoms with E-state index in [1.54, 1.807) is 0 Å². The standard InChI is InChI=1S/C14H21FN4O/c1-8-5-9(3-4-19(8)2)18-13-6-10(14(17)20)12(16)7-11(13)15/h6-9,18H,3-5,16H2,1-2H3,(H2,17,20). The monoisotopic (exact) mass is 280 g/mol. The molecule has 2 unspecified atom stereocenters. The third-order valence-electron chi connectivity index (χ3n) is 3.97. The minimum Gasteiger partial charge on any atom is -0.398 e. The highest BCUT2D eigenvalue weighted by atomic mass is 19.1. The van der Waals surface area contributed by atoms with Crippen molar-refractivity contribution in [3.05, 3.63) is 23.5 Å². The van der Waals surface area contributed by atoms with Gasteiger partial charge in [0.2, 0.25) is 0 Å². The summed E-state index contributed by atoms with van der Waals surface area (Å²) in [5, 5.41) is 3.16. The van der Waals surface area contributed by atoms with Crippen LogP contribution in [0.25, 0.3) is 0 Å². The molecule has 110 valence electrons. The zero-order chi connectivity index (χ0) is 14.9. The maximum atomic E-state index is 13.9. The van der Waals surface area contributed by atoms with E-state index in [9.17, 15) is 9.18 Å². The number of anilines is 2. The Kier molecular flexibility index (Phi) is 4.13. The molecule has 2 atom stereocenters. The number of hydrogen-bond donors (Lipinski definition) is 3. The maximum Gasteiger partial charge on any atom is 0.250 e. The summed E-state index contributed by atoms with van der Waals surface area (Å²) in [4.78, 5) is 13.5. The fraction of sp³-hybridized carbons (Fsp3) is 0.500. The number of rotatable bonds is 3. The Morgan fingerprint density at radius 2 is 2.20 bits per heavy atom. The average Bonchev–Trinajstić information content (AvgIpc) is 2.36. The SMILES string of the molecule is CC1CC(Nc2cc(C(N)=O)c(N)cc2F)CCN1C. The fourth-order valence-corrected chi connectivity index (χ4v) is 2.55. The van der Waals surface area contributed by atoms with Gasteiger partial charge in [0, 0.05) is 24.3 Å². The number of likely N-dealkylation sites (tertiary alicyclic amines) is 1. The summed E-state index contributed by atoms with van der Waals surface area (Å²) in [7, 11) is 2.08. The molecule has 1 aliphatic rings. The first kappa shape index (κ1) is 14.6. The first-order valence-corrected chi connectivity index (χ1v) is 6.74. The number of nitrogens with one attached hydrogen (secondary N) is 1. The van der Waals surface area contributed by atoms with Crippen LogP contribution in [0.5, 0.6) is 0 Å². The molecule has 0 aromatic heterocycles. The number of nitrogens with zero attached hydrogens (tertiary/aromatic N) is 1. The van der Waals surface area contributed by atoms with E-state index >= 15 is 0 Å². The van der Waals surface area contributed by atoms with Crippen molar-refractivity contribution in [2.24, 2.45) is 5.73 Å². The lowest BCUT2D eigenvalue weighted by atomic mass is 9.98. The van der Waals surface area contributed by atoms with Gasteiger partial charge in [0.25, 0.3) is 5.91 Å². The summed E-state index contributed by atoms with van der Waals surface area (Å²) in [6.07, 6.45) is 1.85. The van der Waals surface area contributed by atoms with E-state index in [0.717, 1.165) is 25.5 Å². The van der Waals surface area contributed by atoms with Crippen LogP contribution in [0.2, 0.25) is 0 Å². The van der Waals surface area contributed by atoms with E-state index in [2.05, 4.69) is 24.2 Å². The molecule has 1 fully saturated rings. The van der Waals surface area contributed by atoms with Crippen LogP contribution >= 0.6 is 0 Å². The van der Waals surface area contributed by atoms with Gasteiger partial charge in [-0.15, -0.1) is 0 Å². The van der Waals surface area contributed by atoms with Crippen molar-refractivity contribution in [3.8, 4) is 0 Å². The number of nitrogen functional groups attached to an aromatic ring is 1. The van der Waals surface area contributed by atoms with Gasteiger partial charge in [0.1, 0.15) is 5.82 Å². The van der Waals surface area contributed by atoms with Crippen molar-refractivity contribution in [1.29, 1.82) is 0 Å². The highest BCUT2D eigenvalue weighted by Crippen LogP contribution is 2.25. The molecule has 1 heterocycles. The number of carbonyl (C=O) groups excluding carboxylic acids is 1. The number of hydrogen-bond acceptors (Lipinski definition) is 4. The molecule has 20 heavy (non-hydrogen) atoms. The van der Waals surface area contributed by atoms with Gasteiger partial charge in [0.15, 0.2) is 0 Å². The summed E-state index contributed by atoms with van der Waals surface area (Å²) < 4.78 is 13.9. The number of primary amides is 1. The normalized spacial score (nSPS) is 23.6. The van der Waals surface area contributed by atoms with Gasteiger partial charge in [-0.3, -0.25) is 4.79 Å². The molecule has 1 saturated heterocycles. The summed E-state index contributed by atoms with van der Waals surface area (Å²) in [5.41, 5.74) is 11.3. The van der Waals surface area contributed by atoms with Crippen LogP contribution < -0.4 is 16.8 Å². The van der Waals surface area contributed by atoms with Gasteiger partial charge in [-0.25, -0.2) is 4.39 Å². The zero-order valence-electron chi connectivity index (χ0n) is 11.8. The number of nitrogens with two attached hydrogens (primary N) is 2. The van der Waals surface area contributed by atoms with E-state index in [4.69, 9.17) is 11.5 Å². The fourth-order valence-electron chi connectivity index (χ4n) is 2.55. The van der Waals surface area contributed by atoms with Gasteiger partial charge in [0.05, 0.1) is 11.3 Å². The lowest BCUT2D eigenvalue weighted by Crippen LogP contribution is -2.42. The van der Waals surface area contributed by atoms with E-state index in [0.29, 0.717) is 6.04 Å². The number of benzene rings is 1. The second-order valence-corrected chi connectivity index (χ2v) is 5.48. The van der Waals surface area contributed by atoms with E-state index < -0.39 is 11.7 Å².